The molecule has 0 spiro atoms. The number of pyridine rings is 1. The fraction of sp³-hybridized carbons (Fsp3) is 0.500. The van der Waals surface area contributed by atoms with Crippen LogP contribution >= 0.6 is 0 Å². The Labute approximate surface area is 140 Å². The molecule has 3 heterocycles. The molecule has 3 aromatic rings. The molecular formula is C18H22N6. The van der Waals surface area contributed by atoms with Crippen molar-refractivity contribution in [1.29, 1.82) is 0 Å². The first-order valence-electron chi connectivity index (χ1n) is 8.80. The highest BCUT2D eigenvalue weighted by Gasteiger charge is 2.34. The molecule has 2 saturated carbocycles. The number of aryl methyl sites for hydroxylation is 1. The van der Waals surface area contributed by atoms with Gasteiger partial charge in [0.05, 0.1) is 29.1 Å². The van der Waals surface area contributed by atoms with Crippen LogP contribution in [0, 0.1) is 5.92 Å². The van der Waals surface area contributed by atoms with Crippen LogP contribution in [0.5, 0.6) is 0 Å². The summed E-state index contributed by atoms with van der Waals surface area (Å²) in [5.74, 6) is 1.27. The molecule has 6 heteroatoms. The van der Waals surface area contributed by atoms with Crippen LogP contribution in [-0.2, 0) is 7.05 Å². The number of hydrogen-bond donors (Lipinski definition) is 1. The van der Waals surface area contributed by atoms with Crippen LogP contribution in [0.3, 0.4) is 0 Å². The van der Waals surface area contributed by atoms with Gasteiger partial charge in [0.15, 0.2) is 0 Å². The maximum atomic E-state index is 5.77. The van der Waals surface area contributed by atoms with Gasteiger partial charge in [0, 0.05) is 36.3 Å². The third-order valence-electron chi connectivity index (χ3n) is 5.55. The third kappa shape index (κ3) is 2.17. The maximum Gasteiger partial charge on any atom is 0.0758 e. The number of rotatable bonds is 4. The molecule has 24 heavy (non-hydrogen) atoms. The predicted octanol–water partition coefficient (Wildman–Crippen LogP) is 2.62. The van der Waals surface area contributed by atoms with E-state index in [0.717, 1.165) is 36.0 Å². The van der Waals surface area contributed by atoms with Gasteiger partial charge in [-0.05, 0) is 44.2 Å². The Kier molecular flexibility index (Phi) is 3.03. The molecule has 0 saturated heterocycles. The van der Waals surface area contributed by atoms with Crippen molar-refractivity contribution in [1.82, 2.24) is 24.5 Å². The lowest BCUT2D eigenvalue weighted by atomic mass is 9.80. The van der Waals surface area contributed by atoms with Gasteiger partial charge in [0.25, 0.3) is 0 Å². The summed E-state index contributed by atoms with van der Waals surface area (Å²) in [6, 6.07) is 2.64. The summed E-state index contributed by atoms with van der Waals surface area (Å²) in [7, 11) is 1.97. The molecule has 5 rings (SSSR count). The van der Waals surface area contributed by atoms with Crippen LogP contribution < -0.4 is 5.73 Å². The van der Waals surface area contributed by atoms with Gasteiger partial charge in [-0.25, -0.2) is 0 Å². The molecule has 2 aliphatic carbocycles. The highest BCUT2D eigenvalue weighted by atomic mass is 15.3. The van der Waals surface area contributed by atoms with E-state index in [2.05, 4.69) is 27.0 Å². The van der Waals surface area contributed by atoms with E-state index in [1.165, 1.54) is 24.1 Å². The van der Waals surface area contributed by atoms with Crippen LogP contribution in [-0.4, -0.2) is 31.1 Å². The zero-order valence-electron chi connectivity index (χ0n) is 13.9. The summed E-state index contributed by atoms with van der Waals surface area (Å²) >= 11 is 0. The number of aromatic nitrogens is 5. The van der Waals surface area contributed by atoms with Crippen LogP contribution in [0.25, 0.3) is 22.2 Å². The summed E-state index contributed by atoms with van der Waals surface area (Å²) in [4.78, 5) is 4.68. The summed E-state index contributed by atoms with van der Waals surface area (Å²) in [5, 5.41) is 10.3. The Morgan fingerprint density at radius 3 is 2.83 bits per heavy atom. The minimum Gasteiger partial charge on any atom is -0.330 e. The molecule has 0 aromatic carbocycles. The third-order valence-corrected chi connectivity index (χ3v) is 5.55. The van der Waals surface area contributed by atoms with Gasteiger partial charge in [0.2, 0.25) is 0 Å². The lowest BCUT2D eigenvalue weighted by molar-refractivity contribution is 0.189. The SMILES string of the molecule is Cn1ncc2cnc(-c3cn([C@H]4C[C@H](CN)C4)nc3C3CC3)cc21. The molecule has 6 nitrogen and oxygen atoms in total. The van der Waals surface area contributed by atoms with Crippen LogP contribution in [0.2, 0.25) is 0 Å². The van der Waals surface area contributed by atoms with Crippen molar-refractivity contribution in [2.24, 2.45) is 18.7 Å². The fourth-order valence-electron chi connectivity index (χ4n) is 3.75. The quantitative estimate of drug-likeness (QED) is 0.801. The maximum absolute atomic E-state index is 5.77. The molecular weight excluding hydrogens is 300 g/mol. The highest BCUT2D eigenvalue weighted by Crippen LogP contribution is 2.45. The standard InChI is InChI=1S/C18H22N6/c1-23-17-6-16(20-8-13(17)9-21-23)15-10-24(14-4-11(5-14)7-19)22-18(15)12-2-3-12/h6,8-12,14H,2-5,7,19H2,1H3/t11-,14-. The highest BCUT2D eigenvalue weighted by molar-refractivity contribution is 5.82. The number of nitrogens with two attached hydrogens (primary N) is 1. The summed E-state index contributed by atoms with van der Waals surface area (Å²) < 4.78 is 4.07. The Bertz CT molecular complexity index is 898. The van der Waals surface area contributed by atoms with Gasteiger partial charge in [-0.15, -0.1) is 0 Å². The van der Waals surface area contributed by atoms with Gasteiger partial charge < -0.3 is 5.73 Å². The van der Waals surface area contributed by atoms with E-state index in [-0.39, 0.29) is 0 Å². The average molecular weight is 322 g/mol. The van der Waals surface area contributed by atoms with Gasteiger partial charge in [0.1, 0.15) is 0 Å². The first kappa shape index (κ1) is 14.2. The first-order chi connectivity index (χ1) is 11.7. The largest absolute Gasteiger partial charge is 0.330 e. The van der Waals surface area contributed by atoms with Gasteiger partial charge in [-0.2, -0.15) is 10.2 Å². The van der Waals surface area contributed by atoms with E-state index < -0.39 is 0 Å². The Morgan fingerprint density at radius 1 is 1.25 bits per heavy atom. The van der Waals surface area contributed by atoms with Crippen molar-refractivity contribution in [2.45, 2.75) is 37.6 Å². The van der Waals surface area contributed by atoms with Gasteiger partial charge in [-0.1, -0.05) is 0 Å². The van der Waals surface area contributed by atoms with Crippen molar-refractivity contribution in [3.05, 3.63) is 30.4 Å². The Morgan fingerprint density at radius 2 is 2.08 bits per heavy atom. The van der Waals surface area contributed by atoms with E-state index in [4.69, 9.17) is 10.8 Å². The van der Waals surface area contributed by atoms with Crippen molar-refractivity contribution < 1.29 is 0 Å². The molecule has 2 fully saturated rings. The molecule has 0 radical (unpaired) electrons. The fourth-order valence-corrected chi connectivity index (χ4v) is 3.75. The first-order valence-corrected chi connectivity index (χ1v) is 8.80. The molecule has 0 atom stereocenters. The van der Waals surface area contributed by atoms with Gasteiger partial charge >= 0.3 is 0 Å². The van der Waals surface area contributed by atoms with E-state index in [1.807, 2.05) is 24.1 Å². The van der Waals surface area contributed by atoms with E-state index in [0.29, 0.717) is 17.9 Å². The second kappa shape index (κ2) is 5.14. The Balaban J connectivity index is 1.55. The Hall–Kier alpha value is -2.21. The topological polar surface area (TPSA) is 74.5 Å². The molecule has 124 valence electrons. The van der Waals surface area contributed by atoms with Crippen LogP contribution in [0.15, 0.2) is 24.7 Å². The van der Waals surface area contributed by atoms with E-state index >= 15 is 0 Å². The predicted molar refractivity (Wildman–Crippen MR) is 92.5 cm³/mol. The average Bonchev–Trinajstić information content (AvgIpc) is 3.21. The molecule has 0 amide bonds. The summed E-state index contributed by atoms with van der Waals surface area (Å²) in [6.07, 6.45) is 10.8. The molecule has 0 aliphatic heterocycles. The molecule has 3 aromatic heterocycles. The van der Waals surface area contributed by atoms with Crippen molar-refractivity contribution in [3.63, 3.8) is 0 Å². The number of fused-ring (bicyclic) bond motifs is 1. The molecule has 0 unspecified atom stereocenters. The normalized spacial score (nSPS) is 23.6. The minimum absolute atomic E-state index is 0.505. The second-order valence-corrected chi connectivity index (χ2v) is 7.31. The lowest BCUT2D eigenvalue weighted by Crippen LogP contribution is -2.32. The second-order valence-electron chi connectivity index (χ2n) is 7.31. The molecule has 2 aliphatic rings. The zero-order chi connectivity index (χ0) is 16.3. The van der Waals surface area contributed by atoms with Gasteiger partial charge in [-0.3, -0.25) is 14.3 Å². The smallest absolute Gasteiger partial charge is 0.0758 e. The van der Waals surface area contributed by atoms with Crippen molar-refractivity contribution >= 4 is 10.9 Å². The lowest BCUT2D eigenvalue weighted by Gasteiger charge is -2.34. The zero-order valence-corrected chi connectivity index (χ0v) is 13.9. The minimum atomic E-state index is 0.505. The van der Waals surface area contributed by atoms with E-state index in [1.54, 1.807) is 0 Å². The van der Waals surface area contributed by atoms with Crippen molar-refractivity contribution in [3.8, 4) is 11.3 Å². The van der Waals surface area contributed by atoms with Crippen molar-refractivity contribution in [2.75, 3.05) is 6.54 Å². The molecule has 2 N–H and O–H groups in total. The number of hydrogen-bond acceptors (Lipinski definition) is 4. The summed E-state index contributed by atoms with van der Waals surface area (Å²) in [6.45, 7) is 0.790. The number of nitrogens with zero attached hydrogens (tertiary/aromatic N) is 5. The monoisotopic (exact) mass is 322 g/mol. The van der Waals surface area contributed by atoms with Crippen LogP contribution in [0.4, 0.5) is 0 Å². The molecule has 0 bridgehead atoms. The van der Waals surface area contributed by atoms with Crippen LogP contribution in [0.1, 0.15) is 43.3 Å². The van der Waals surface area contributed by atoms with E-state index in [9.17, 15) is 0 Å². The summed E-state index contributed by atoms with van der Waals surface area (Å²) in [5.41, 5.74) is 10.3.